The first-order valence-electron chi connectivity index (χ1n) is 5.55. The van der Waals surface area contributed by atoms with Crippen molar-refractivity contribution in [3.05, 3.63) is 0 Å². The summed E-state index contributed by atoms with van der Waals surface area (Å²) in [5.74, 6) is 0. The number of rotatable bonds is 9. The molecule has 0 unspecified atom stereocenters. The van der Waals surface area contributed by atoms with Gasteiger partial charge < -0.3 is 20.7 Å². The third kappa shape index (κ3) is 11.1. The molecule has 0 heterocycles. The molecule has 0 radical (unpaired) electrons. The van der Waals surface area contributed by atoms with E-state index in [1.165, 1.54) is 12.8 Å². The van der Waals surface area contributed by atoms with Gasteiger partial charge in [0.05, 0.1) is 13.2 Å². The molecule has 90 valence electrons. The second-order valence-corrected chi connectivity index (χ2v) is 3.22. The smallest absolute Gasteiger partial charge is 0.314 e. The molecule has 0 saturated carbocycles. The summed E-state index contributed by atoms with van der Waals surface area (Å²) in [5, 5.41) is 8.39. The molecule has 0 aromatic heterocycles. The number of nitrogens with one attached hydrogen (secondary N) is 3. The summed E-state index contributed by atoms with van der Waals surface area (Å²) >= 11 is 0. The predicted octanol–water partition coefficient (Wildman–Crippen LogP) is 0.322. The quantitative estimate of drug-likeness (QED) is 0.487. The summed E-state index contributed by atoms with van der Waals surface area (Å²) in [6.07, 6.45) is 2.42. The van der Waals surface area contributed by atoms with Crippen molar-refractivity contribution in [2.24, 2.45) is 0 Å². The number of unbranched alkanes of at least 4 members (excludes halogenated alkanes) is 1. The van der Waals surface area contributed by atoms with Crippen LogP contribution in [-0.2, 0) is 4.74 Å². The van der Waals surface area contributed by atoms with Crippen LogP contribution in [0.2, 0.25) is 0 Å². The van der Waals surface area contributed by atoms with Gasteiger partial charge in [-0.3, -0.25) is 0 Å². The minimum atomic E-state index is -0.167. The highest BCUT2D eigenvalue weighted by Gasteiger charge is 1.93. The predicted molar refractivity (Wildman–Crippen MR) is 61.1 cm³/mol. The van der Waals surface area contributed by atoms with Crippen molar-refractivity contribution in [3.8, 4) is 0 Å². The van der Waals surface area contributed by atoms with E-state index < -0.39 is 0 Å². The van der Waals surface area contributed by atoms with E-state index in [1.807, 2.05) is 0 Å². The number of ether oxygens (including phenoxy) is 1. The highest BCUT2D eigenvalue weighted by atomic mass is 16.5. The number of carbonyl (C=O) groups is 1. The van der Waals surface area contributed by atoms with Gasteiger partial charge in [-0.1, -0.05) is 13.3 Å². The Bertz CT molecular complexity index is 154. The Morgan fingerprint density at radius 1 is 1.20 bits per heavy atom. The molecule has 0 aliphatic carbocycles. The molecule has 0 rings (SSSR count). The zero-order valence-corrected chi connectivity index (χ0v) is 9.77. The van der Waals surface area contributed by atoms with Gasteiger partial charge in [0, 0.05) is 20.1 Å². The molecule has 0 fully saturated rings. The van der Waals surface area contributed by atoms with Crippen molar-refractivity contribution in [2.45, 2.75) is 19.8 Å². The molecule has 0 aliphatic heterocycles. The third-order valence-corrected chi connectivity index (χ3v) is 1.89. The van der Waals surface area contributed by atoms with E-state index in [0.29, 0.717) is 19.8 Å². The molecule has 0 spiro atoms. The highest BCUT2D eigenvalue weighted by molar-refractivity contribution is 5.73. The first-order chi connectivity index (χ1) is 7.31. The fourth-order valence-electron chi connectivity index (χ4n) is 0.998. The van der Waals surface area contributed by atoms with Crippen LogP contribution in [-0.4, -0.2) is 45.9 Å². The molecule has 5 heteroatoms. The topological polar surface area (TPSA) is 62.4 Å². The van der Waals surface area contributed by atoms with Crippen LogP contribution in [0.4, 0.5) is 4.79 Å². The van der Waals surface area contributed by atoms with Crippen LogP contribution in [0.15, 0.2) is 0 Å². The first kappa shape index (κ1) is 14.2. The number of urea groups is 1. The van der Waals surface area contributed by atoms with Gasteiger partial charge >= 0.3 is 6.03 Å². The highest BCUT2D eigenvalue weighted by Crippen LogP contribution is 1.81. The number of carbonyl (C=O) groups excluding carboxylic acids is 1. The second kappa shape index (κ2) is 11.3. The molecular formula is C10H23N3O2. The second-order valence-electron chi connectivity index (χ2n) is 3.22. The summed E-state index contributed by atoms with van der Waals surface area (Å²) in [5.41, 5.74) is 0. The molecule has 0 aliphatic rings. The van der Waals surface area contributed by atoms with Gasteiger partial charge in [-0.05, 0) is 13.0 Å². The average Bonchev–Trinajstić information content (AvgIpc) is 2.26. The van der Waals surface area contributed by atoms with Gasteiger partial charge in [-0.25, -0.2) is 4.79 Å². The van der Waals surface area contributed by atoms with Crippen molar-refractivity contribution >= 4 is 6.03 Å². The summed E-state index contributed by atoms with van der Waals surface area (Å²) in [7, 11) is 1.59. The van der Waals surface area contributed by atoms with E-state index in [-0.39, 0.29) is 6.03 Å². The first-order valence-corrected chi connectivity index (χ1v) is 5.55. The van der Waals surface area contributed by atoms with Crippen molar-refractivity contribution < 1.29 is 9.53 Å². The Balaban J connectivity index is 2.95. The van der Waals surface area contributed by atoms with Gasteiger partial charge in [0.1, 0.15) is 0 Å². The van der Waals surface area contributed by atoms with Gasteiger partial charge in [0.25, 0.3) is 0 Å². The Kier molecular flexibility index (Phi) is 10.7. The zero-order valence-electron chi connectivity index (χ0n) is 9.77. The lowest BCUT2D eigenvalue weighted by Gasteiger charge is -2.06. The third-order valence-electron chi connectivity index (χ3n) is 1.89. The number of hydrogen-bond acceptors (Lipinski definition) is 3. The largest absolute Gasteiger partial charge is 0.378 e. The standard InChI is InChI=1S/C10H23N3O2/c1-3-4-5-12-6-8-15-9-7-13-10(14)11-2/h12H,3-9H2,1-2H3,(H2,11,13,14). The molecule has 3 N–H and O–H groups in total. The molecule has 0 bridgehead atoms. The summed E-state index contributed by atoms with van der Waals surface area (Å²) in [6.45, 7) is 5.90. The molecular weight excluding hydrogens is 194 g/mol. The minimum Gasteiger partial charge on any atom is -0.378 e. The summed E-state index contributed by atoms with van der Waals surface area (Å²) < 4.78 is 5.30. The lowest BCUT2D eigenvalue weighted by atomic mass is 10.3. The van der Waals surface area contributed by atoms with E-state index >= 15 is 0 Å². The van der Waals surface area contributed by atoms with E-state index in [9.17, 15) is 4.79 Å². The van der Waals surface area contributed by atoms with Gasteiger partial charge in [0.15, 0.2) is 0 Å². The van der Waals surface area contributed by atoms with Crippen molar-refractivity contribution in [1.29, 1.82) is 0 Å². The van der Waals surface area contributed by atoms with Crippen molar-refractivity contribution in [3.63, 3.8) is 0 Å². The van der Waals surface area contributed by atoms with Crippen molar-refractivity contribution in [1.82, 2.24) is 16.0 Å². The van der Waals surface area contributed by atoms with Gasteiger partial charge in [-0.2, -0.15) is 0 Å². The van der Waals surface area contributed by atoms with Crippen molar-refractivity contribution in [2.75, 3.05) is 39.9 Å². The zero-order chi connectivity index (χ0) is 11.4. The minimum absolute atomic E-state index is 0.167. The normalized spacial score (nSPS) is 10.0. The van der Waals surface area contributed by atoms with E-state index in [0.717, 1.165) is 13.1 Å². The Morgan fingerprint density at radius 3 is 2.60 bits per heavy atom. The average molecular weight is 217 g/mol. The Labute approximate surface area is 91.9 Å². The van der Waals surface area contributed by atoms with Gasteiger partial charge in [-0.15, -0.1) is 0 Å². The maximum Gasteiger partial charge on any atom is 0.314 e. The SMILES string of the molecule is CCCCNCCOCCNC(=O)NC. The van der Waals surface area contributed by atoms with Crippen LogP contribution in [0.3, 0.4) is 0 Å². The van der Waals surface area contributed by atoms with Crippen LogP contribution < -0.4 is 16.0 Å². The summed E-state index contributed by atoms with van der Waals surface area (Å²) in [4.78, 5) is 10.7. The molecule has 0 aromatic rings. The van der Waals surface area contributed by atoms with Crippen LogP contribution >= 0.6 is 0 Å². The molecule has 0 saturated heterocycles. The maximum absolute atomic E-state index is 10.7. The monoisotopic (exact) mass is 217 g/mol. The van der Waals surface area contributed by atoms with E-state index in [4.69, 9.17) is 4.74 Å². The molecule has 2 amide bonds. The van der Waals surface area contributed by atoms with Crippen LogP contribution in [0.25, 0.3) is 0 Å². The lowest BCUT2D eigenvalue weighted by molar-refractivity contribution is 0.138. The van der Waals surface area contributed by atoms with E-state index in [1.54, 1.807) is 7.05 Å². The molecule has 0 atom stereocenters. The maximum atomic E-state index is 10.7. The van der Waals surface area contributed by atoms with Crippen LogP contribution in [0.1, 0.15) is 19.8 Å². The fraction of sp³-hybridized carbons (Fsp3) is 0.900. The molecule has 15 heavy (non-hydrogen) atoms. The van der Waals surface area contributed by atoms with Gasteiger partial charge in [0.2, 0.25) is 0 Å². The van der Waals surface area contributed by atoms with E-state index in [2.05, 4.69) is 22.9 Å². The number of hydrogen-bond donors (Lipinski definition) is 3. The van der Waals surface area contributed by atoms with Crippen LogP contribution in [0.5, 0.6) is 0 Å². The Morgan fingerprint density at radius 2 is 1.93 bits per heavy atom. The fourth-order valence-corrected chi connectivity index (χ4v) is 0.998. The number of amides is 2. The molecule has 5 nitrogen and oxygen atoms in total. The summed E-state index contributed by atoms with van der Waals surface area (Å²) in [6, 6.07) is -0.167. The van der Waals surface area contributed by atoms with Crippen LogP contribution in [0, 0.1) is 0 Å². The Hall–Kier alpha value is -0.810. The molecule has 0 aromatic carbocycles. The lowest BCUT2D eigenvalue weighted by Crippen LogP contribution is -2.35.